The lowest BCUT2D eigenvalue weighted by Gasteiger charge is -2.13. The number of fused-ring (bicyclic) bond motifs is 1. The van der Waals surface area contributed by atoms with Crippen molar-refractivity contribution in [1.29, 1.82) is 0 Å². The molecule has 0 bridgehead atoms. The number of hydrogen-bond acceptors (Lipinski definition) is 2. The van der Waals surface area contributed by atoms with E-state index in [2.05, 4.69) is 73.8 Å². The van der Waals surface area contributed by atoms with Gasteiger partial charge in [0.2, 0.25) is 0 Å². The summed E-state index contributed by atoms with van der Waals surface area (Å²) in [4.78, 5) is 9.02. The topological polar surface area (TPSA) is 29.7 Å². The van der Waals surface area contributed by atoms with E-state index in [-0.39, 0.29) is 0 Å². The number of rotatable bonds is 2. The van der Waals surface area contributed by atoms with Gasteiger partial charge in [0.25, 0.3) is 6.33 Å². The van der Waals surface area contributed by atoms with Gasteiger partial charge in [0.05, 0.1) is 12.4 Å². The Labute approximate surface area is 154 Å². The van der Waals surface area contributed by atoms with E-state index in [9.17, 15) is 0 Å². The third-order valence-corrected chi connectivity index (χ3v) is 5.04. The van der Waals surface area contributed by atoms with E-state index in [4.69, 9.17) is 4.98 Å². The molecule has 2 aromatic carbocycles. The van der Waals surface area contributed by atoms with Crippen LogP contribution in [0.4, 0.5) is 0 Å². The molecule has 0 atom stereocenters. The second-order valence-corrected chi connectivity index (χ2v) is 6.90. The van der Waals surface area contributed by atoms with Crippen LogP contribution in [0.1, 0.15) is 16.7 Å². The van der Waals surface area contributed by atoms with Crippen LogP contribution in [0, 0.1) is 20.8 Å². The number of para-hydroxylation sites is 1. The Kier molecular flexibility index (Phi) is 4.00. The maximum Gasteiger partial charge on any atom is 0.287 e. The Bertz CT molecular complexity index is 1120. The summed E-state index contributed by atoms with van der Waals surface area (Å²) in [6.45, 7) is 6.53. The van der Waals surface area contributed by atoms with Gasteiger partial charge >= 0.3 is 0 Å². The van der Waals surface area contributed by atoms with Gasteiger partial charge in [-0.2, -0.15) is 0 Å². The predicted octanol–water partition coefficient (Wildman–Crippen LogP) is 4.71. The molecule has 3 nitrogen and oxygen atoms in total. The van der Waals surface area contributed by atoms with Crippen LogP contribution < -0.4 is 4.57 Å². The fourth-order valence-corrected chi connectivity index (χ4v) is 3.64. The van der Waals surface area contributed by atoms with Crippen molar-refractivity contribution in [3.05, 3.63) is 77.9 Å². The van der Waals surface area contributed by atoms with E-state index >= 15 is 0 Å². The van der Waals surface area contributed by atoms with E-state index in [0.717, 1.165) is 22.0 Å². The van der Waals surface area contributed by atoms with Gasteiger partial charge in [0.15, 0.2) is 5.52 Å². The minimum absolute atomic E-state index is 1.01. The molecule has 0 unspecified atom stereocenters. The summed E-state index contributed by atoms with van der Waals surface area (Å²) in [5.74, 6) is 0. The highest BCUT2D eigenvalue weighted by molar-refractivity contribution is 5.99. The summed E-state index contributed by atoms with van der Waals surface area (Å²) in [5.41, 5.74) is 9.57. The highest BCUT2D eigenvalue weighted by Crippen LogP contribution is 2.33. The van der Waals surface area contributed by atoms with Gasteiger partial charge in [-0.1, -0.05) is 23.8 Å². The molecule has 26 heavy (non-hydrogen) atoms. The molecule has 2 aromatic heterocycles. The number of pyridine rings is 1. The third kappa shape index (κ3) is 2.66. The van der Waals surface area contributed by atoms with Crippen LogP contribution in [0.25, 0.3) is 33.3 Å². The Hall–Kier alpha value is -3.07. The highest BCUT2D eigenvalue weighted by atomic mass is 15.0. The van der Waals surface area contributed by atoms with E-state index in [1.54, 1.807) is 6.20 Å². The second-order valence-electron chi connectivity index (χ2n) is 6.90. The second kappa shape index (κ2) is 6.34. The smallest absolute Gasteiger partial charge is 0.264 e. The van der Waals surface area contributed by atoms with E-state index in [1.165, 1.54) is 27.9 Å². The molecule has 0 aliphatic rings. The monoisotopic (exact) mass is 340 g/mol. The lowest BCUT2D eigenvalue weighted by molar-refractivity contribution is -0.662. The normalized spacial score (nSPS) is 11.1. The van der Waals surface area contributed by atoms with Gasteiger partial charge in [-0.3, -0.25) is 4.98 Å². The average molecular weight is 340 g/mol. The first-order chi connectivity index (χ1) is 12.6. The molecular formula is C23H22N3+. The van der Waals surface area contributed by atoms with Crippen LogP contribution in [0.2, 0.25) is 0 Å². The van der Waals surface area contributed by atoms with Crippen LogP contribution in [0.15, 0.2) is 61.2 Å². The van der Waals surface area contributed by atoms with Gasteiger partial charge in [-0.05, 0) is 61.1 Å². The van der Waals surface area contributed by atoms with Crippen molar-refractivity contribution in [1.82, 2.24) is 9.97 Å². The lowest BCUT2D eigenvalue weighted by Crippen LogP contribution is -2.32. The van der Waals surface area contributed by atoms with Crippen LogP contribution in [0.3, 0.4) is 0 Å². The lowest BCUT2D eigenvalue weighted by atomic mass is 9.94. The van der Waals surface area contributed by atoms with Crippen molar-refractivity contribution in [3.8, 4) is 22.4 Å². The summed E-state index contributed by atoms with van der Waals surface area (Å²) in [6.07, 6.45) is 5.60. The number of aromatic nitrogens is 3. The first-order valence-electron chi connectivity index (χ1n) is 8.82. The SMILES string of the molecule is Cc1cc(C)c(C)c(-c2c3cccc(-c4cccnc4)c3nc[n+]2C)c1. The minimum atomic E-state index is 1.01. The van der Waals surface area contributed by atoms with Crippen LogP contribution in [0.5, 0.6) is 0 Å². The summed E-state index contributed by atoms with van der Waals surface area (Å²) < 4.78 is 2.12. The van der Waals surface area contributed by atoms with Crippen molar-refractivity contribution >= 4 is 10.9 Å². The van der Waals surface area contributed by atoms with Crippen molar-refractivity contribution in [2.24, 2.45) is 7.05 Å². The van der Waals surface area contributed by atoms with Crippen LogP contribution >= 0.6 is 0 Å². The summed E-state index contributed by atoms with van der Waals surface area (Å²) >= 11 is 0. The molecule has 0 saturated carbocycles. The molecule has 0 aliphatic carbocycles. The van der Waals surface area contributed by atoms with E-state index < -0.39 is 0 Å². The number of hydrogen-bond donors (Lipinski definition) is 0. The van der Waals surface area contributed by atoms with Gasteiger partial charge in [0.1, 0.15) is 5.69 Å². The number of nitrogens with zero attached hydrogens (tertiary/aromatic N) is 3. The van der Waals surface area contributed by atoms with Gasteiger partial charge in [-0.25, -0.2) is 4.57 Å². The van der Waals surface area contributed by atoms with E-state index in [0.29, 0.717) is 0 Å². The average Bonchev–Trinajstić information content (AvgIpc) is 2.65. The standard InChI is InChI=1S/C23H22N3/c1-15-11-16(2)17(3)21(12-15)23-20-9-5-8-19(18-7-6-10-24-13-18)22(20)25-14-26(23)4/h5-14H,1-4H3/q+1. The molecule has 0 amide bonds. The fraction of sp³-hybridized carbons (Fsp3) is 0.174. The fourth-order valence-electron chi connectivity index (χ4n) is 3.64. The Morgan fingerprint density at radius 1 is 0.923 bits per heavy atom. The molecule has 0 fully saturated rings. The Morgan fingerprint density at radius 3 is 2.54 bits per heavy atom. The van der Waals surface area contributed by atoms with E-state index in [1.807, 2.05) is 18.6 Å². The minimum Gasteiger partial charge on any atom is -0.264 e. The highest BCUT2D eigenvalue weighted by Gasteiger charge is 2.20. The molecule has 4 rings (SSSR count). The summed E-state index contributed by atoms with van der Waals surface area (Å²) in [5, 5.41) is 1.16. The quantitative estimate of drug-likeness (QED) is 0.495. The first-order valence-corrected chi connectivity index (χ1v) is 8.82. The van der Waals surface area contributed by atoms with Crippen molar-refractivity contribution in [2.45, 2.75) is 20.8 Å². The predicted molar refractivity (Wildman–Crippen MR) is 106 cm³/mol. The molecular weight excluding hydrogens is 318 g/mol. The Morgan fingerprint density at radius 2 is 1.77 bits per heavy atom. The Balaban J connectivity index is 2.08. The first kappa shape index (κ1) is 16.4. The maximum absolute atomic E-state index is 4.75. The molecule has 2 heterocycles. The molecule has 0 aliphatic heterocycles. The molecule has 0 N–H and O–H groups in total. The third-order valence-electron chi connectivity index (χ3n) is 5.04. The van der Waals surface area contributed by atoms with Crippen molar-refractivity contribution in [3.63, 3.8) is 0 Å². The summed E-state index contributed by atoms with van der Waals surface area (Å²) in [6, 6.07) is 14.9. The van der Waals surface area contributed by atoms with Crippen molar-refractivity contribution < 1.29 is 4.57 Å². The zero-order valence-corrected chi connectivity index (χ0v) is 15.6. The number of aryl methyl sites for hydroxylation is 3. The van der Waals surface area contributed by atoms with Gasteiger partial charge in [-0.15, -0.1) is 0 Å². The molecule has 0 spiro atoms. The molecule has 3 heteroatoms. The van der Waals surface area contributed by atoms with Crippen LogP contribution in [-0.2, 0) is 7.05 Å². The maximum atomic E-state index is 4.75. The van der Waals surface area contributed by atoms with Crippen molar-refractivity contribution in [2.75, 3.05) is 0 Å². The molecule has 0 radical (unpaired) electrons. The van der Waals surface area contributed by atoms with Gasteiger partial charge in [0, 0.05) is 29.1 Å². The zero-order valence-electron chi connectivity index (χ0n) is 15.6. The molecule has 4 aromatic rings. The largest absolute Gasteiger partial charge is 0.287 e. The number of benzene rings is 2. The van der Waals surface area contributed by atoms with Crippen LogP contribution in [-0.4, -0.2) is 9.97 Å². The van der Waals surface area contributed by atoms with Gasteiger partial charge < -0.3 is 0 Å². The summed E-state index contributed by atoms with van der Waals surface area (Å²) in [7, 11) is 2.07. The molecule has 0 saturated heterocycles. The molecule has 128 valence electrons. The zero-order chi connectivity index (χ0) is 18.3.